The van der Waals surface area contributed by atoms with Crippen molar-refractivity contribution in [3.8, 4) is 5.75 Å². The summed E-state index contributed by atoms with van der Waals surface area (Å²) in [7, 11) is 0.917. The third-order valence-electron chi connectivity index (χ3n) is 1.95. The summed E-state index contributed by atoms with van der Waals surface area (Å²) in [6, 6.07) is 2.49. The number of phenols is 1. The first-order valence-corrected chi connectivity index (χ1v) is 4.51. The number of halogens is 4. The molecule has 1 aromatic carbocycles. The van der Waals surface area contributed by atoms with Crippen molar-refractivity contribution in [3.63, 3.8) is 0 Å². The monoisotopic (exact) mass is 251 g/mol. The molecular formula is C10H9F4NO2. The van der Waals surface area contributed by atoms with Crippen molar-refractivity contribution in [1.82, 2.24) is 4.90 Å². The number of aromatic hydroxyl groups is 1. The predicted molar refractivity (Wildman–Crippen MR) is 51.1 cm³/mol. The van der Waals surface area contributed by atoms with E-state index in [2.05, 4.69) is 0 Å². The molecule has 0 unspecified atom stereocenters. The molecule has 0 saturated heterocycles. The van der Waals surface area contributed by atoms with Crippen LogP contribution in [-0.4, -0.2) is 35.7 Å². The maximum absolute atomic E-state index is 12.8. The highest BCUT2D eigenvalue weighted by atomic mass is 19.4. The fourth-order valence-electron chi connectivity index (χ4n) is 1.23. The molecule has 17 heavy (non-hydrogen) atoms. The Balaban J connectivity index is 2.93. The molecule has 0 aliphatic carbocycles. The first kappa shape index (κ1) is 13.3. The zero-order valence-electron chi connectivity index (χ0n) is 8.75. The molecule has 1 rings (SSSR count). The van der Waals surface area contributed by atoms with Crippen molar-refractivity contribution in [1.29, 1.82) is 0 Å². The minimum absolute atomic E-state index is 0.356. The molecule has 0 spiro atoms. The zero-order valence-corrected chi connectivity index (χ0v) is 8.75. The van der Waals surface area contributed by atoms with Gasteiger partial charge in [-0.05, 0) is 18.2 Å². The molecule has 94 valence electrons. The van der Waals surface area contributed by atoms with Crippen molar-refractivity contribution in [2.24, 2.45) is 0 Å². The number of phenolic OH excluding ortho intramolecular Hbond substituents is 1. The molecule has 1 amide bonds. The number of hydrogen-bond acceptors (Lipinski definition) is 2. The van der Waals surface area contributed by atoms with E-state index in [1.165, 1.54) is 0 Å². The van der Waals surface area contributed by atoms with E-state index in [1.54, 1.807) is 0 Å². The topological polar surface area (TPSA) is 40.5 Å². The Kier molecular flexibility index (Phi) is 3.59. The molecule has 0 bridgehead atoms. The lowest BCUT2D eigenvalue weighted by Crippen LogP contribution is -2.35. The maximum atomic E-state index is 12.8. The van der Waals surface area contributed by atoms with E-state index in [9.17, 15) is 27.5 Å². The maximum Gasteiger partial charge on any atom is 0.406 e. The molecule has 1 aromatic rings. The van der Waals surface area contributed by atoms with E-state index in [0.29, 0.717) is 11.0 Å². The van der Waals surface area contributed by atoms with Crippen molar-refractivity contribution >= 4 is 5.91 Å². The van der Waals surface area contributed by atoms with E-state index in [0.717, 1.165) is 19.2 Å². The molecule has 0 atom stereocenters. The van der Waals surface area contributed by atoms with E-state index in [-0.39, 0.29) is 0 Å². The summed E-state index contributed by atoms with van der Waals surface area (Å²) in [5, 5.41) is 9.26. The summed E-state index contributed by atoms with van der Waals surface area (Å²) in [5.41, 5.74) is -0.503. The zero-order chi connectivity index (χ0) is 13.2. The number of hydrogen-bond donors (Lipinski definition) is 1. The average molecular weight is 251 g/mol. The Morgan fingerprint density at radius 3 is 2.53 bits per heavy atom. The normalized spacial score (nSPS) is 11.4. The molecule has 0 aliphatic heterocycles. The summed E-state index contributed by atoms with van der Waals surface area (Å²) >= 11 is 0. The standard InChI is InChI=1S/C10H9F4NO2/c1-15(5-10(12,13)14)9(17)7-4-6(11)2-3-8(7)16/h2-4,16H,5H2,1H3. The summed E-state index contributed by atoms with van der Waals surface area (Å²) in [6.45, 7) is -1.47. The van der Waals surface area contributed by atoms with Crippen molar-refractivity contribution < 1.29 is 27.5 Å². The van der Waals surface area contributed by atoms with Crippen LogP contribution in [0.4, 0.5) is 17.6 Å². The van der Waals surface area contributed by atoms with Gasteiger partial charge < -0.3 is 10.0 Å². The number of carbonyl (C=O) groups excluding carboxylic acids is 1. The number of benzene rings is 1. The van der Waals surface area contributed by atoms with E-state index in [4.69, 9.17) is 0 Å². The Morgan fingerprint density at radius 2 is 2.00 bits per heavy atom. The van der Waals surface area contributed by atoms with Crippen LogP contribution >= 0.6 is 0 Å². The fourth-order valence-corrected chi connectivity index (χ4v) is 1.23. The van der Waals surface area contributed by atoms with Gasteiger partial charge in [0.1, 0.15) is 18.1 Å². The van der Waals surface area contributed by atoms with Crippen molar-refractivity contribution in [3.05, 3.63) is 29.6 Å². The summed E-state index contributed by atoms with van der Waals surface area (Å²) < 4.78 is 48.9. The van der Waals surface area contributed by atoms with Crippen LogP contribution in [0.3, 0.4) is 0 Å². The smallest absolute Gasteiger partial charge is 0.406 e. The molecule has 0 aliphatic rings. The third kappa shape index (κ3) is 3.61. The average Bonchev–Trinajstić information content (AvgIpc) is 2.18. The number of amides is 1. The van der Waals surface area contributed by atoms with Gasteiger partial charge in [0.15, 0.2) is 0 Å². The van der Waals surface area contributed by atoms with Gasteiger partial charge in [-0.25, -0.2) is 4.39 Å². The van der Waals surface area contributed by atoms with E-state index < -0.39 is 35.8 Å². The largest absolute Gasteiger partial charge is 0.507 e. The molecular weight excluding hydrogens is 242 g/mol. The highest BCUT2D eigenvalue weighted by Gasteiger charge is 2.32. The lowest BCUT2D eigenvalue weighted by molar-refractivity contribution is -0.138. The van der Waals surface area contributed by atoms with Crippen molar-refractivity contribution in [2.45, 2.75) is 6.18 Å². The minimum atomic E-state index is -4.55. The Labute approximate surface area is 94.3 Å². The molecule has 7 heteroatoms. The Morgan fingerprint density at radius 1 is 1.41 bits per heavy atom. The SMILES string of the molecule is CN(CC(F)(F)F)C(=O)c1cc(F)ccc1O. The van der Waals surface area contributed by atoms with Gasteiger partial charge in [-0.3, -0.25) is 4.79 Å². The molecule has 0 aromatic heterocycles. The second-order valence-electron chi connectivity index (χ2n) is 3.44. The highest BCUT2D eigenvalue weighted by molar-refractivity contribution is 5.96. The van der Waals surface area contributed by atoms with Crippen LogP contribution in [0.2, 0.25) is 0 Å². The molecule has 1 N–H and O–H groups in total. The van der Waals surface area contributed by atoms with E-state index >= 15 is 0 Å². The van der Waals surface area contributed by atoms with Crippen LogP contribution in [0.1, 0.15) is 10.4 Å². The second kappa shape index (κ2) is 4.60. The predicted octanol–water partition coefficient (Wildman–Crippen LogP) is 2.17. The van der Waals surface area contributed by atoms with Crippen LogP contribution in [-0.2, 0) is 0 Å². The fraction of sp³-hybridized carbons (Fsp3) is 0.300. The molecule has 0 saturated carbocycles. The van der Waals surface area contributed by atoms with Crippen LogP contribution in [0.5, 0.6) is 5.75 Å². The van der Waals surface area contributed by atoms with Gasteiger partial charge in [0.25, 0.3) is 5.91 Å². The lowest BCUT2D eigenvalue weighted by atomic mass is 10.1. The minimum Gasteiger partial charge on any atom is -0.507 e. The lowest BCUT2D eigenvalue weighted by Gasteiger charge is -2.19. The summed E-state index contributed by atoms with van der Waals surface area (Å²) in [4.78, 5) is 11.9. The first-order valence-electron chi connectivity index (χ1n) is 4.51. The molecule has 0 fully saturated rings. The van der Waals surface area contributed by atoms with Gasteiger partial charge in [0, 0.05) is 7.05 Å². The van der Waals surface area contributed by atoms with Gasteiger partial charge in [0.05, 0.1) is 5.56 Å². The highest BCUT2D eigenvalue weighted by Crippen LogP contribution is 2.22. The van der Waals surface area contributed by atoms with Crippen LogP contribution < -0.4 is 0 Å². The molecule has 0 radical (unpaired) electrons. The van der Waals surface area contributed by atoms with Crippen LogP contribution in [0.25, 0.3) is 0 Å². The summed E-state index contributed by atoms with van der Waals surface area (Å²) in [6.07, 6.45) is -4.55. The van der Waals surface area contributed by atoms with Crippen LogP contribution in [0.15, 0.2) is 18.2 Å². The molecule has 3 nitrogen and oxygen atoms in total. The van der Waals surface area contributed by atoms with Gasteiger partial charge in [-0.2, -0.15) is 13.2 Å². The first-order chi connectivity index (χ1) is 7.70. The third-order valence-corrected chi connectivity index (χ3v) is 1.95. The van der Waals surface area contributed by atoms with Crippen LogP contribution in [0, 0.1) is 5.82 Å². The van der Waals surface area contributed by atoms with Gasteiger partial charge in [-0.15, -0.1) is 0 Å². The molecule has 0 heterocycles. The van der Waals surface area contributed by atoms with E-state index in [1.807, 2.05) is 0 Å². The van der Waals surface area contributed by atoms with Gasteiger partial charge in [-0.1, -0.05) is 0 Å². The number of carbonyl (C=O) groups is 1. The second-order valence-corrected chi connectivity index (χ2v) is 3.44. The number of alkyl halides is 3. The Hall–Kier alpha value is -1.79. The van der Waals surface area contributed by atoms with Gasteiger partial charge >= 0.3 is 6.18 Å². The number of nitrogens with zero attached hydrogens (tertiary/aromatic N) is 1. The quantitative estimate of drug-likeness (QED) is 0.818. The number of rotatable bonds is 2. The van der Waals surface area contributed by atoms with Crippen molar-refractivity contribution in [2.75, 3.05) is 13.6 Å². The Bertz CT molecular complexity index is 431. The van der Waals surface area contributed by atoms with Gasteiger partial charge in [0.2, 0.25) is 0 Å². The summed E-state index contributed by atoms with van der Waals surface area (Å²) in [5.74, 6) is -2.48.